The van der Waals surface area contributed by atoms with Crippen molar-refractivity contribution in [2.75, 3.05) is 20.0 Å². The lowest BCUT2D eigenvalue weighted by molar-refractivity contribution is 0.0953. The average Bonchev–Trinajstić information content (AvgIpc) is 3.19. The Morgan fingerprint density at radius 2 is 1.67 bits per heavy atom. The van der Waals surface area contributed by atoms with E-state index in [4.69, 9.17) is 25.2 Å². The highest BCUT2D eigenvalue weighted by molar-refractivity contribution is 6.10. The number of anilines is 1. The Morgan fingerprint density at radius 3 is 2.39 bits per heavy atom. The number of nitrogens with zero attached hydrogens (tertiary/aromatic N) is 4. The molecule has 1 amide bonds. The number of aromatic nitrogens is 3. The van der Waals surface area contributed by atoms with Crippen molar-refractivity contribution in [2.45, 2.75) is 6.54 Å². The van der Waals surface area contributed by atoms with E-state index >= 15 is 0 Å². The molecule has 0 saturated carbocycles. The highest BCUT2D eigenvalue weighted by Crippen LogP contribution is 2.28. The number of nitrogens with one attached hydrogen (secondary N) is 1. The first-order valence-electron chi connectivity index (χ1n) is 11.2. The van der Waals surface area contributed by atoms with Crippen LogP contribution in [0.4, 0.5) is 5.82 Å². The first-order valence-corrected chi connectivity index (χ1v) is 11.2. The van der Waals surface area contributed by atoms with Crippen LogP contribution in [0, 0.1) is 0 Å². The molecule has 3 aromatic carbocycles. The van der Waals surface area contributed by atoms with Gasteiger partial charge in [-0.3, -0.25) is 4.79 Å². The largest absolute Gasteiger partial charge is 0.497 e. The molecule has 2 heterocycles. The summed E-state index contributed by atoms with van der Waals surface area (Å²) in [5, 5.41) is 7.48. The van der Waals surface area contributed by atoms with Crippen molar-refractivity contribution in [3.05, 3.63) is 89.5 Å². The highest BCUT2D eigenvalue weighted by atomic mass is 16.5. The number of hydrogen-bond acceptors (Lipinski definition) is 7. The summed E-state index contributed by atoms with van der Waals surface area (Å²) in [6, 6.07) is 22.3. The minimum absolute atomic E-state index is 0.138. The molecule has 0 saturated heterocycles. The standard InChI is InChI=1S/C27H24N6O3/c1-35-19-13-11-17(12-14-19)15-29-27(34)23-24-26(32-21-9-5-4-8-20(21)31-24)33(25(23)28)30-16-18-7-3-6-10-22(18)36-2/h3-14,16H,15,28H2,1-2H3,(H,29,34)/b30-16+. The van der Waals surface area contributed by atoms with Crippen molar-refractivity contribution in [3.8, 4) is 11.5 Å². The third kappa shape index (κ3) is 4.29. The molecule has 0 fully saturated rings. The summed E-state index contributed by atoms with van der Waals surface area (Å²) < 4.78 is 12.0. The van der Waals surface area contributed by atoms with Crippen LogP contribution in [0.15, 0.2) is 77.9 Å². The van der Waals surface area contributed by atoms with Crippen LogP contribution in [0.1, 0.15) is 21.5 Å². The number of ether oxygens (including phenoxy) is 2. The van der Waals surface area contributed by atoms with Gasteiger partial charge in [0.15, 0.2) is 5.65 Å². The summed E-state index contributed by atoms with van der Waals surface area (Å²) in [5.41, 5.74) is 10.4. The van der Waals surface area contributed by atoms with Crippen LogP contribution >= 0.6 is 0 Å². The molecule has 36 heavy (non-hydrogen) atoms. The lowest BCUT2D eigenvalue weighted by Gasteiger charge is -2.07. The van der Waals surface area contributed by atoms with E-state index in [1.54, 1.807) is 20.4 Å². The predicted molar refractivity (Wildman–Crippen MR) is 140 cm³/mol. The van der Waals surface area contributed by atoms with Gasteiger partial charge in [0, 0.05) is 12.1 Å². The van der Waals surface area contributed by atoms with Gasteiger partial charge in [-0.15, -0.1) is 0 Å². The van der Waals surface area contributed by atoms with Crippen LogP contribution in [0.3, 0.4) is 0 Å². The maximum atomic E-state index is 13.3. The van der Waals surface area contributed by atoms with E-state index in [0.29, 0.717) is 34.5 Å². The van der Waals surface area contributed by atoms with Crippen molar-refractivity contribution in [1.29, 1.82) is 0 Å². The molecule has 5 rings (SSSR count). The zero-order valence-corrected chi connectivity index (χ0v) is 19.8. The van der Waals surface area contributed by atoms with E-state index in [1.807, 2.05) is 72.8 Å². The number of methoxy groups -OCH3 is 2. The van der Waals surface area contributed by atoms with Gasteiger partial charge in [0.25, 0.3) is 5.91 Å². The smallest absolute Gasteiger partial charge is 0.257 e. The van der Waals surface area contributed by atoms with Crippen LogP contribution in [-0.4, -0.2) is 41.0 Å². The SMILES string of the molecule is COc1ccc(CNC(=O)c2c(N)n(/N=C/c3ccccc3OC)c3nc4ccccc4nc23)cc1. The van der Waals surface area contributed by atoms with Crippen LogP contribution in [0.2, 0.25) is 0 Å². The lowest BCUT2D eigenvalue weighted by atomic mass is 10.2. The van der Waals surface area contributed by atoms with E-state index in [9.17, 15) is 4.79 Å². The van der Waals surface area contributed by atoms with Gasteiger partial charge in [-0.2, -0.15) is 9.78 Å². The summed E-state index contributed by atoms with van der Waals surface area (Å²) in [4.78, 5) is 22.8. The fourth-order valence-electron chi connectivity index (χ4n) is 3.90. The monoisotopic (exact) mass is 480 g/mol. The molecule has 0 atom stereocenters. The lowest BCUT2D eigenvalue weighted by Crippen LogP contribution is -2.23. The fraction of sp³-hybridized carbons (Fsp3) is 0.111. The second kappa shape index (κ2) is 9.75. The molecule has 0 unspecified atom stereocenters. The predicted octanol–water partition coefficient (Wildman–Crippen LogP) is 4.00. The van der Waals surface area contributed by atoms with Gasteiger partial charge < -0.3 is 20.5 Å². The number of hydrogen-bond donors (Lipinski definition) is 2. The molecule has 9 heteroatoms. The summed E-state index contributed by atoms with van der Waals surface area (Å²) in [6.07, 6.45) is 1.62. The van der Waals surface area contributed by atoms with Gasteiger partial charge in [0.2, 0.25) is 0 Å². The van der Waals surface area contributed by atoms with E-state index in [0.717, 1.165) is 16.9 Å². The van der Waals surface area contributed by atoms with Crippen molar-refractivity contribution in [3.63, 3.8) is 0 Å². The number of carbonyl (C=O) groups excluding carboxylic acids is 1. The van der Waals surface area contributed by atoms with Gasteiger partial charge in [-0.05, 0) is 42.0 Å². The van der Waals surface area contributed by atoms with Gasteiger partial charge in [-0.25, -0.2) is 9.97 Å². The number of para-hydroxylation sites is 3. The average molecular weight is 481 g/mol. The molecule has 5 aromatic rings. The molecule has 0 aliphatic rings. The minimum Gasteiger partial charge on any atom is -0.497 e. The number of fused-ring (bicyclic) bond motifs is 2. The van der Waals surface area contributed by atoms with Gasteiger partial charge in [0.05, 0.1) is 31.5 Å². The van der Waals surface area contributed by atoms with Crippen molar-refractivity contribution in [1.82, 2.24) is 20.0 Å². The fourth-order valence-corrected chi connectivity index (χ4v) is 3.90. The molecule has 0 aliphatic heterocycles. The van der Waals surface area contributed by atoms with E-state index < -0.39 is 0 Å². The van der Waals surface area contributed by atoms with Gasteiger partial charge >= 0.3 is 0 Å². The van der Waals surface area contributed by atoms with Crippen LogP contribution < -0.4 is 20.5 Å². The Hall–Kier alpha value is -4.92. The number of rotatable bonds is 7. The van der Waals surface area contributed by atoms with Gasteiger partial charge in [-0.1, -0.05) is 36.4 Å². The molecule has 0 aliphatic carbocycles. The van der Waals surface area contributed by atoms with E-state index in [1.165, 1.54) is 4.68 Å². The molecule has 0 spiro atoms. The quantitative estimate of drug-likeness (QED) is 0.340. The number of nitrogen functional groups attached to an aromatic ring is 1. The summed E-state index contributed by atoms with van der Waals surface area (Å²) in [6.45, 7) is 0.306. The van der Waals surface area contributed by atoms with Crippen molar-refractivity contribution < 1.29 is 14.3 Å². The second-order valence-electron chi connectivity index (χ2n) is 7.97. The van der Waals surface area contributed by atoms with Crippen LogP contribution in [-0.2, 0) is 6.54 Å². The Bertz CT molecular complexity index is 1590. The Balaban J connectivity index is 1.56. The van der Waals surface area contributed by atoms with Gasteiger partial charge in [0.1, 0.15) is 28.4 Å². The minimum atomic E-state index is -0.371. The van der Waals surface area contributed by atoms with Crippen LogP contribution in [0.25, 0.3) is 22.2 Å². The third-order valence-electron chi connectivity index (χ3n) is 5.76. The maximum Gasteiger partial charge on any atom is 0.257 e. The van der Waals surface area contributed by atoms with Crippen molar-refractivity contribution >= 4 is 40.1 Å². The first kappa shape index (κ1) is 22.9. The molecule has 9 nitrogen and oxygen atoms in total. The molecule has 2 aromatic heterocycles. The van der Waals surface area contributed by atoms with E-state index in [-0.39, 0.29) is 17.3 Å². The molecule has 3 N–H and O–H groups in total. The Kier molecular flexibility index (Phi) is 6.19. The molecular formula is C27H24N6O3. The second-order valence-corrected chi connectivity index (χ2v) is 7.97. The Labute approximate surface area is 207 Å². The van der Waals surface area contributed by atoms with E-state index in [2.05, 4.69) is 10.4 Å². The molecular weight excluding hydrogens is 456 g/mol. The number of amides is 1. The topological polar surface area (TPSA) is 117 Å². The molecule has 180 valence electrons. The summed E-state index contributed by atoms with van der Waals surface area (Å²) in [7, 11) is 3.20. The normalized spacial score (nSPS) is 11.3. The highest BCUT2D eigenvalue weighted by Gasteiger charge is 2.24. The number of carbonyl (C=O) groups is 1. The summed E-state index contributed by atoms with van der Waals surface area (Å²) in [5.74, 6) is 1.17. The number of benzene rings is 3. The molecule has 0 radical (unpaired) electrons. The summed E-state index contributed by atoms with van der Waals surface area (Å²) >= 11 is 0. The first-order chi connectivity index (χ1) is 17.6. The third-order valence-corrected chi connectivity index (χ3v) is 5.76. The van der Waals surface area contributed by atoms with Crippen molar-refractivity contribution in [2.24, 2.45) is 5.10 Å². The molecule has 0 bridgehead atoms. The van der Waals surface area contributed by atoms with Crippen LogP contribution in [0.5, 0.6) is 11.5 Å². The number of nitrogens with two attached hydrogens (primary N) is 1. The maximum absolute atomic E-state index is 13.3. The zero-order chi connectivity index (χ0) is 25.1. The zero-order valence-electron chi connectivity index (χ0n) is 19.8. The Morgan fingerprint density at radius 1 is 0.972 bits per heavy atom.